The highest BCUT2D eigenvalue weighted by atomic mass is 32.2. The Kier molecular flexibility index (Phi) is 5.38. The Balaban J connectivity index is 1.41. The highest BCUT2D eigenvalue weighted by molar-refractivity contribution is 7.89. The van der Waals surface area contributed by atoms with Gasteiger partial charge in [-0.05, 0) is 61.2 Å². The van der Waals surface area contributed by atoms with Crippen molar-refractivity contribution in [2.45, 2.75) is 43.2 Å². The number of carbonyl (C=O) groups is 2. The van der Waals surface area contributed by atoms with E-state index in [1.165, 1.54) is 24.3 Å². The third kappa shape index (κ3) is 4.83. The second-order valence-corrected chi connectivity index (χ2v) is 9.21. The molecule has 1 aliphatic carbocycles. The van der Waals surface area contributed by atoms with E-state index in [0.717, 1.165) is 31.4 Å². The summed E-state index contributed by atoms with van der Waals surface area (Å²) in [5.41, 5.74) is 1.95. The lowest BCUT2D eigenvalue weighted by Gasteiger charge is -2.16. The maximum Gasteiger partial charge on any atom is 0.255 e. The molecule has 2 aromatic carbocycles. The molecule has 152 valence electrons. The van der Waals surface area contributed by atoms with Gasteiger partial charge in [-0.2, -0.15) is 0 Å². The van der Waals surface area contributed by atoms with Crippen molar-refractivity contribution in [3.63, 3.8) is 0 Å². The molecule has 1 aliphatic heterocycles. The first-order valence-corrected chi connectivity index (χ1v) is 11.2. The Morgan fingerprint density at radius 3 is 2.52 bits per heavy atom. The average Bonchev–Trinajstić information content (AvgIpc) is 3.42. The summed E-state index contributed by atoms with van der Waals surface area (Å²) in [4.78, 5) is 26.3. The summed E-state index contributed by atoms with van der Waals surface area (Å²) in [7, 11) is -3.53. The maximum atomic E-state index is 12.5. The summed E-state index contributed by atoms with van der Waals surface area (Å²) >= 11 is 0. The van der Waals surface area contributed by atoms with Gasteiger partial charge in [0.15, 0.2) is 0 Å². The van der Waals surface area contributed by atoms with Crippen LogP contribution in [0, 0.1) is 0 Å². The molecule has 29 heavy (non-hydrogen) atoms. The largest absolute Gasteiger partial charge is 0.338 e. The number of rotatable bonds is 7. The van der Waals surface area contributed by atoms with Crippen LogP contribution in [0.4, 0.5) is 5.69 Å². The van der Waals surface area contributed by atoms with Gasteiger partial charge in [-0.25, -0.2) is 13.1 Å². The summed E-state index contributed by atoms with van der Waals surface area (Å²) in [5, 5.41) is 2.83. The van der Waals surface area contributed by atoms with E-state index in [2.05, 4.69) is 10.0 Å². The van der Waals surface area contributed by atoms with Gasteiger partial charge in [-0.15, -0.1) is 0 Å². The van der Waals surface area contributed by atoms with Crippen LogP contribution >= 0.6 is 0 Å². The summed E-state index contributed by atoms with van der Waals surface area (Å²) in [6.07, 6.45) is 3.21. The van der Waals surface area contributed by atoms with Crippen LogP contribution in [-0.2, 0) is 21.4 Å². The minimum absolute atomic E-state index is 0.0334. The number of anilines is 1. The first-order valence-electron chi connectivity index (χ1n) is 9.71. The molecule has 8 heteroatoms. The molecule has 0 atom stereocenters. The molecule has 2 N–H and O–H groups in total. The Bertz CT molecular complexity index is 1030. The summed E-state index contributed by atoms with van der Waals surface area (Å²) < 4.78 is 27.1. The number of nitrogens with one attached hydrogen (secondary N) is 2. The van der Waals surface area contributed by atoms with Gasteiger partial charge in [0, 0.05) is 36.8 Å². The fourth-order valence-electron chi connectivity index (χ4n) is 3.32. The molecule has 2 fully saturated rings. The van der Waals surface area contributed by atoms with E-state index < -0.39 is 10.0 Å². The number of carbonyl (C=O) groups excluding carboxylic acids is 2. The van der Waals surface area contributed by atoms with Crippen LogP contribution in [0.2, 0.25) is 0 Å². The molecule has 2 aliphatic rings. The van der Waals surface area contributed by atoms with Gasteiger partial charge in [0.2, 0.25) is 15.9 Å². The van der Waals surface area contributed by atoms with E-state index in [1.54, 1.807) is 6.07 Å². The lowest BCUT2D eigenvalue weighted by Crippen LogP contribution is -2.25. The SMILES string of the molecule is O=C(Nc1cccc(CN2CCCC2=O)c1)c1ccc(S(=O)(=O)NC2CC2)cc1. The lowest BCUT2D eigenvalue weighted by molar-refractivity contribution is -0.128. The number of sulfonamides is 1. The van der Waals surface area contributed by atoms with Crippen molar-refractivity contribution in [3.05, 3.63) is 59.7 Å². The fourth-order valence-corrected chi connectivity index (χ4v) is 4.62. The number of nitrogens with zero attached hydrogens (tertiary/aromatic N) is 1. The number of amides is 2. The van der Waals surface area contributed by atoms with Crippen molar-refractivity contribution in [1.29, 1.82) is 0 Å². The van der Waals surface area contributed by atoms with Crippen LogP contribution in [0.5, 0.6) is 0 Å². The molecule has 2 aromatic rings. The van der Waals surface area contributed by atoms with Gasteiger partial charge in [0.25, 0.3) is 5.91 Å². The van der Waals surface area contributed by atoms with Crippen molar-refractivity contribution in [3.8, 4) is 0 Å². The zero-order chi connectivity index (χ0) is 20.4. The Morgan fingerprint density at radius 2 is 1.86 bits per heavy atom. The normalized spacial score (nSPS) is 16.8. The Morgan fingerprint density at radius 1 is 1.10 bits per heavy atom. The van der Waals surface area contributed by atoms with E-state index in [9.17, 15) is 18.0 Å². The predicted octanol–water partition coefficient (Wildman–Crippen LogP) is 2.50. The number of hydrogen-bond acceptors (Lipinski definition) is 4. The van der Waals surface area contributed by atoms with Gasteiger partial charge < -0.3 is 10.2 Å². The van der Waals surface area contributed by atoms with Crippen LogP contribution in [0.15, 0.2) is 53.4 Å². The number of hydrogen-bond donors (Lipinski definition) is 2. The molecule has 0 spiro atoms. The summed E-state index contributed by atoms with van der Waals surface area (Å²) in [5.74, 6) is -0.163. The van der Waals surface area contributed by atoms with E-state index in [1.807, 2.05) is 23.1 Å². The molecule has 1 saturated heterocycles. The molecule has 1 heterocycles. The highest BCUT2D eigenvalue weighted by Gasteiger charge is 2.28. The van der Waals surface area contributed by atoms with Gasteiger partial charge in [0.05, 0.1) is 4.90 Å². The van der Waals surface area contributed by atoms with Crippen LogP contribution in [0.1, 0.15) is 41.6 Å². The van der Waals surface area contributed by atoms with Gasteiger partial charge >= 0.3 is 0 Å². The maximum absolute atomic E-state index is 12.5. The van der Waals surface area contributed by atoms with E-state index in [0.29, 0.717) is 24.2 Å². The smallest absolute Gasteiger partial charge is 0.255 e. The van der Waals surface area contributed by atoms with Gasteiger partial charge in [-0.1, -0.05) is 12.1 Å². The van der Waals surface area contributed by atoms with E-state index in [-0.39, 0.29) is 22.8 Å². The molecule has 1 saturated carbocycles. The molecular weight excluding hydrogens is 390 g/mol. The fraction of sp³-hybridized carbons (Fsp3) is 0.333. The molecule has 0 radical (unpaired) electrons. The molecule has 0 bridgehead atoms. The summed E-state index contributed by atoms with van der Waals surface area (Å²) in [6, 6.07) is 13.3. The Hall–Kier alpha value is -2.71. The molecule has 0 aromatic heterocycles. The second-order valence-electron chi connectivity index (χ2n) is 7.49. The van der Waals surface area contributed by atoms with Crippen molar-refractivity contribution < 1.29 is 18.0 Å². The summed E-state index contributed by atoms with van der Waals surface area (Å²) in [6.45, 7) is 1.30. The minimum Gasteiger partial charge on any atom is -0.338 e. The average molecular weight is 413 g/mol. The van der Waals surface area contributed by atoms with Crippen molar-refractivity contribution in [2.75, 3.05) is 11.9 Å². The molecular formula is C21H23N3O4S. The first-order chi connectivity index (χ1) is 13.9. The van der Waals surface area contributed by atoms with Crippen molar-refractivity contribution >= 4 is 27.5 Å². The quantitative estimate of drug-likeness (QED) is 0.729. The predicted molar refractivity (Wildman–Crippen MR) is 109 cm³/mol. The van der Waals surface area contributed by atoms with E-state index in [4.69, 9.17) is 0 Å². The lowest BCUT2D eigenvalue weighted by atomic mass is 10.1. The second kappa shape index (κ2) is 7.96. The van der Waals surface area contributed by atoms with Gasteiger partial charge in [-0.3, -0.25) is 9.59 Å². The van der Waals surface area contributed by atoms with Crippen LogP contribution in [0.3, 0.4) is 0 Å². The van der Waals surface area contributed by atoms with Crippen molar-refractivity contribution in [2.24, 2.45) is 0 Å². The molecule has 4 rings (SSSR count). The zero-order valence-corrected chi connectivity index (χ0v) is 16.7. The first kappa shape index (κ1) is 19.6. The number of benzene rings is 2. The van der Waals surface area contributed by atoms with Crippen molar-refractivity contribution in [1.82, 2.24) is 9.62 Å². The zero-order valence-electron chi connectivity index (χ0n) is 15.9. The van der Waals surface area contributed by atoms with Crippen LogP contribution < -0.4 is 10.0 Å². The monoisotopic (exact) mass is 413 g/mol. The standard InChI is InChI=1S/C21H23N3O4S/c25-20-5-2-12-24(20)14-15-3-1-4-18(13-15)22-21(26)16-6-10-19(11-7-16)29(27,28)23-17-8-9-17/h1,3-4,6-7,10-11,13,17,23H,2,5,8-9,12,14H2,(H,22,26). The Labute approximate surface area is 170 Å². The minimum atomic E-state index is -3.53. The molecule has 7 nitrogen and oxygen atoms in total. The highest BCUT2D eigenvalue weighted by Crippen LogP contribution is 2.22. The van der Waals surface area contributed by atoms with Gasteiger partial charge in [0.1, 0.15) is 0 Å². The molecule has 0 unspecified atom stereocenters. The topological polar surface area (TPSA) is 95.6 Å². The molecule has 2 amide bonds. The van der Waals surface area contributed by atoms with E-state index >= 15 is 0 Å². The number of likely N-dealkylation sites (tertiary alicyclic amines) is 1. The van der Waals surface area contributed by atoms with Crippen LogP contribution in [-0.4, -0.2) is 37.7 Å². The third-order valence-corrected chi connectivity index (χ3v) is 6.59. The third-order valence-electron chi connectivity index (χ3n) is 5.06. The van der Waals surface area contributed by atoms with Crippen LogP contribution in [0.25, 0.3) is 0 Å².